The quantitative estimate of drug-likeness (QED) is 0.407. The van der Waals surface area contributed by atoms with E-state index in [1.165, 1.54) is 22.6 Å². The molecule has 2 aromatic carbocycles. The number of aromatic nitrogens is 2. The van der Waals surface area contributed by atoms with Gasteiger partial charge < -0.3 is 15.6 Å². The minimum Gasteiger partial charge on any atom is -0.369 e. The number of aryl methyl sites for hydroxylation is 2. The number of nitriles is 1. The lowest BCUT2D eigenvalue weighted by Crippen LogP contribution is -2.46. The maximum absolute atomic E-state index is 11.5. The molecule has 1 fully saturated rings. The number of nitrogens with zero attached hydrogens (tertiary/aromatic N) is 4. The van der Waals surface area contributed by atoms with Gasteiger partial charge >= 0.3 is 0 Å². The summed E-state index contributed by atoms with van der Waals surface area (Å²) in [7, 11) is 0. The zero-order valence-electron chi connectivity index (χ0n) is 19.8. The lowest BCUT2D eigenvalue weighted by molar-refractivity contribution is 0.100. The molecule has 0 unspecified atom stereocenters. The Balaban J connectivity index is 1.13. The van der Waals surface area contributed by atoms with E-state index in [2.05, 4.69) is 56.3 Å². The molecule has 8 heteroatoms. The second-order valence-corrected chi connectivity index (χ2v) is 9.96. The number of piperazine rings is 1. The van der Waals surface area contributed by atoms with Crippen LogP contribution in [0.4, 0.5) is 5.69 Å². The van der Waals surface area contributed by atoms with Crippen molar-refractivity contribution in [3.05, 3.63) is 70.4 Å². The van der Waals surface area contributed by atoms with Crippen molar-refractivity contribution in [2.45, 2.75) is 19.8 Å². The molecule has 0 saturated carbocycles. The Bertz CT molecular complexity index is 1390. The highest BCUT2D eigenvalue weighted by molar-refractivity contribution is 7.17. The molecular formula is C27H28N6OS. The van der Waals surface area contributed by atoms with E-state index in [1.54, 1.807) is 0 Å². The molecule has 5 rings (SSSR count). The number of nitrogens with two attached hydrogens (primary N) is 1. The largest absolute Gasteiger partial charge is 0.369 e. The number of thiazole rings is 1. The molecule has 35 heavy (non-hydrogen) atoms. The normalized spacial score (nSPS) is 14.3. The molecule has 0 atom stereocenters. The number of benzene rings is 2. The number of aromatic amines is 1. The maximum Gasteiger partial charge on any atom is 0.260 e. The highest BCUT2D eigenvalue weighted by Crippen LogP contribution is 2.29. The minimum atomic E-state index is -0.421. The van der Waals surface area contributed by atoms with Crippen molar-refractivity contribution in [2.24, 2.45) is 5.73 Å². The lowest BCUT2D eigenvalue weighted by atomic mass is 10.1. The van der Waals surface area contributed by atoms with Gasteiger partial charge in [-0.05, 0) is 74.3 Å². The first-order valence-electron chi connectivity index (χ1n) is 11.9. The summed E-state index contributed by atoms with van der Waals surface area (Å²) in [6, 6.07) is 16.5. The molecule has 1 amide bonds. The molecule has 7 nitrogen and oxygen atoms in total. The summed E-state index contributed by atoms with van der Waals surface area (Å²) in [6.45, 7) is 6.98. The molecule has 3 N–H and O–H groups in total. The second-order valence-electron chi connectivity index (χ2n) is 8.96. The van der Waals surface area contributed by atoms with Gasteiger partial charge in [0.1, 0.15) is 9.88 Å². The summed E-state index contributed by atoms with van der Waals surface area (Å²) in [6.07, 6.45) is 4.18. The van der Waals surface area contributed by atoms with Gasteiger partial charge in [0.05, 0.1) is 17.3 Å². The van der Waals surface area contributed by atoms with Crippen molar-refractivity contribution in [3.8, 4) is 16.6 Å². The Labute approximate surface area is 208 Å². The van der Waals surface area contributed by atoms with E-state index in [4.69, 9.17) is 5.73 Å². The van der Waals surface area contributed by atoms with E-state index in [0.717, 1.165) is 67.0 Å². The Morgan fingerprint density at radius 2 is 1.94 bits per heavy atom. The predicted molar refractivity (Wildman–Crippen MR) is 141 cm³/mol. The summed E-state index contributed by atoms with van der Waals surface area (Å²) in [4.78, 5) is 24.8. The SMILES string of the molecule is Cc1nc(-c2ccc(N3CCN(CCCc4c[nH]c5ccc(C#N)cc45)CC3)cc2)sc1C(N)=O. The maximum atomic E-state index is 11.5. The molecule has 2 aromatic heterocycles. The highest BCUT2D eigenvalue weighted by Gasteiger charge is 2.18. The van der Waals surface area contributed by atoms with Crippen LogP contribution < -0.4 is 10.6 Å². The van der Waals surface area contributed by atoms with Crippen LogP contribution in [0.3, 0.4) is 0 Å². The molecule has 0 radical (unpaired) electrons. The standard InChI is InChI=1S/C27H28N6OS/c1-18-25(26(29)34)35-27(31-18)20-5-7-22(8-6-20)33-13-11-32(12-14-33)10-2-3-21-17-30-24-9-4-19(16-28)15-23(21)24/h4-9,15,17,30H,2-3,10-14H2,1H3,(H2,29,34). The Morgan fingerprint density at radius 1 is 1.17 bits per heavy atom. The average molecular weight is 485 g/mol. The number of carbonyl (C=O) groups excluding carboxylic acids is 1. The van der Waals surface area contributed by atoms with Crippen LogP contribution in [0.2, 0.25) is 0 Å². The number of fused-ring (bicyclic) bond motifs is 1. The van der Waals surface area contributed by atoms with Crippen LogP contribution in [0.1, 0.15) is 32.9 Å². The third-order valence-corrected chi connectivity index (χ3v) is 7.91. The number of primary amides is 1. The number of nitrogens with one attached hydrogen (secondary N) is 1. The lowest BCUT2D eigenvalue weighted by Gasteiger charge is -2.36. The van der Waals surface area contributed by atoms with Gasteiger partial charge in [-0.1, -0.05) is 0 Å². The van der Waals surface area contributed by atoms with Crippen molar-refractivity contribution >= 4 is 33.8 Å². The average Bonchev–Trinajstić information content (AvgIpc) is 3.47. The van der Waals surface area contributed by atoms with Crippen LogP contribution >= 0.6 is 11.3 Å². The number of carbonyl (C=O) groups is 1. The van der Waals surface area contributed by atoms with Gasteiger partial charge in [-0.15, -0.1) is 11.3 Å². The van der Waals surface area contributed by atoms with Gasteiger partial charge in [-0.3, -0.25) is 9.69 Å². The van der Waals surface area contributed by atoms with Crippen LogP contribution in [-0.2, 0) is 6.42 Å². The number of amides is 1. The summed E-state index contributed by atoms with van der Waals surface area (Å²) in [5.74, 6) is -0.421. The minimum absolute atomic E-state index is 0.421. The van der Waals surface area contributed by atoms with Gasteiger partial charge in [-0.2, -0.15) is 5.26 Å². The molecule has 1 aliphatic heterocycles. The molecular weight excluding hydrogens is 456 g/mol. The Kier molecular flexibility index (Phi) is 6.53. The number of H-pyrrole nitrogens is 1. The smallest absolute Gasteiger partial charge is 0.260 e. The van der Waals surface area contributed by atoms with Gasteiger partial charge in [0, 0.05) is 54.5 Å². The van der Waals surface area contributed by atoms with E-state index in [1.807, 2.05) is 25.1 Å². The van der Waals surface area contributed by atoms with Crippen LogP contribution in [0, 0.1) is 18.3 Å². The Morgan fingerprint density at radius 3 is 2.63 bits per heavy atom. The van der Waals surface area contributed by atoms with Gasteiger partial charge in [0.15, 0.2) is 0 Å². The first-order chi connectivity index (χ1) is 17.0. The van der Waals surface area contributed by atoms with E-state index >= 15 is 0 Å². The van der Waals surface area contributed by atoms with Crippen LogP contribution in [0.25, 0.3) is 21.5 Å². The molecule has 0 bridgehead atoms. The number of hydrogen-bond acceptors (Lipinski definition) is 6. The monoisotopic (exact) mass is 484 g/mol. The molecule has 0 spiro atoms. The number of hydrogen-bond donors (Lipinski definition) is 2. The molecule has 4 aromatic rings. The zero-order chi connectivity index (χ0) is 24.4. The van der Waals surface area contributed by atoms with Gasteiger partial charge in [0.25, 0.3) is 5.91 Å². The molecule has 1 aliphatic rings. The van der Waals surface area contributed by atoms with Crippen molar-refractivity contribution in [3.63, 3.8) is 0 Å². The summed E-state index contributed by atoms with van der Waals surface area (Å²) in [5.41, 5.74) is 11.4. The van der Waals surface area contributed by atoms with Gasteiger partial charge in [0.2, 0.25) is 0 Å². The van der Waals surface area contributed by atoms with Gasteiger partial charge in [-0.25, -0.2) is 4.98 Å². The van der Waals surface area contributed by atoms with E-state index < -0.39 is 5.91 Å². The number of anilines is 1. The van der Waals surface area contributed by atoms with E-state index in [9.17, 15) is 10.1 Å². The van der Waals surface area contributed by atoms with Crippen molar-refractivity contribution in [1.29, 1.82) is 5.26 Å². The van der Waals surface area contributed by atoms with Crippen molar-refractivity contribution < 1.29 is 4.79 Å². The zero-order valence-corrected chi connectivity index (χ0v) is 20.6. The molecule has 0 aliphatic carbocycles. The third-order valence-electron chi connectivity index (χ3n) is 6.69. The second kappa shape index (κ2) is 9.90. The number of rotatable bonds is 7. The van der Waals surface area contributed by atoms with Crippen molar-refractivity contribution in [1.82, 2.24) is 14.9 Å². The van der Waals surface area contributed by atoms with E-state index in [0.29, 0.717) is 16.1 Å². The Hall–Kier alpha value is -3.67. The summed E-state index contributed by atoms with van der Waals surface area (Å²) in [5, 5.41) is 11.2. The fourth-order valence-electron chi connectivity index (χ4n) is 4.74. The van der Waals surface area contributed by atoms with Crippen molar-refractivity contribution in [2.75, 3.05) is 37.6 Å². The summed E-state index contributed by atoms with van der Waals surface area (Å²) >= 11 is 1.35. The fourth-order valence-corrected chi connectivity index (χ4v) is 5.66. The molecule has 1 saturated heterocycles. The van der Waals surface area contributed by atoms with Crippen LogP contribution in [0.5, 0.6) is 0 Å². The van der Waals surface area contributed by atoms with E-state index in [-0.39, 0.29) is 0 Å². The predicted octanol–water partition coefficient (Wildman–Crippen LogP) is 4.33. The summed E-state index contributed by atoms with van der Waals surface area (Å²) < 4.78 is 0. The van der Waals surface area contributed by atoms with Crippen LogP contribution in [-0.4, -0.2) is 53.5 Å². The molecule has 178 valence electrons. The molecule has 3 heterocycles. The third kappa shape index (κ3) is 4.92. The fraction of sp³-hybridized carbons (Fsp3) is 0.296. The van der Waals surface area contributed by atoms with Crippen LogP contribution in [0.15, 0.2) is 48.7 Å². The first kappa shape index (κ1) is 23.1. The topological polar surface area (TPSA) is 102 Å². The first-order valence-corrected chi connectivity index (χ1v) is 12.7. The highest BCUT2D eigenvalue weighted by atomic mass is 32.1.